The molecule has 1 atom stereocenters. The molecule has 11 heavy (non-hydrogen) atoms. The summed E-state index contributed by atoms with van der Waals surface area (Å²) < 4.78 is 0. The predicted octanol–water partition coefficient (Wildman–Crippen LogP) is 0.773. The normalized spacial score (nSPS) is 12.9. The highest BCUT2D eigenvalue weighted by atomic mass is 16.3. The van der Waals surface area contributed by atoms with Crippen molar-refractivity contribution in [2.45, 2.75) is 6.10 Å². The van der Waals surface area contributed by atoms with Gasteiger partial charge < -0.3 is 5.32 Å². The molecule has 3 nitrogen and oxygen atoms in total. The maximum atomic E-state index is 11.2. The van der Waals surface area contributed by atoms with E-state index >= 15 is 0 Å². The molecule has 1 heterocycles. The molecule has 1 unspecified atom stereocenters. The molecule has 0 aromatic carbocycles. The van der Waals surface area contributed by atoms with Crippen molar-refractivity contribution in [2.75, 3.05) is 13.6 Å². The zero-order valence-corrected chi connectivity index (χ0v) is 6.45. The molecule has 3 heteroatoms. The van der Waals surface area contributed by atoms with E-state index in [0.29, 0.717) is 6.54 Å². The van der Waals surface area contributed by atoms with Gasteiger partial charge in [0.15, 0.2) is 0 Å². The largest absolute Gasteiger partial charge is 0.317 e. The van der Waals surface area contributed by atoms with E-state index in [1.807, 2.05) is 0 Å². The third-order valence-corrected chi connectivity index (χ3v) is 1.47. The lowest BCUT2D eigenvalue weighted by molar-refractivity contribution is 0.0902. The second-order valence-electron chi connectivity index (χ2n) is 2.33. The van der Waals surface area contributed by atoms with Crippen molar-refractivity contribution in [3.05, 3.63) is 30.1 Å². The standard InChI is InChI=1S/C8H11N2O/c1-9-6-8(11)7-2-4-10-5-3-7/h2-5,8-9H,6H2,1H3. The highest BCUT2D eigenvalue weighted by Gasteiger charge is 2.05. The van der Waals surface area contributed by atoms with Gasteiger partial charge in [-0.3, -0.25) is 4.98 Å². The van der Waals surface area contributed by atoms with Crippen molar-refractivity contribution < 1.29 is 5.11 Å². The van der Waals surface area contributed by atoms with E-state index in [1.165, 1.54) is 0 Å². The van der Waals surface area contributed by atoms with Gasteiger partial charge in [0.05, 0.1) is 0 Å². The first kappa shape index (κ1) is 8.17. The van der Waals surface area contributed by atoms with E-state index in [-0.39, 0.29) is 0 Å². The van der Waals surface area contributed by atoms with Gasteiger partial charge in [0.25, 0.3) is 0 Å². The molecule has 0 saturated heterocycles. The molecular formula is C8H11N2O. The molecule has 1 radical (unpaired) electrons. The zero-order valence-electron chi connectivity index (χ0n) is 6.45. The highest BCUT2D eigenvalue weighted by Crippen LogP contribution is 2.09. The summed E-state index contributed by atoms with van der Waals surface area (Å²) in [7, 11) is 1.77. The lowest BCUT2D eigenvalue weighted by atomic mass is 10.1. The van der Waals surface area contributed by atoms with Crippen LogP contribution in [0.15, 0.2) is 24.5 Å². The van der Waals surface area contributed by atoms with E-state index in [0.717, 1.165) is 5.56 Å². The van der Waals surface area contributed by atoms with Crippen LogP contribution in [0.1, 0.15) is 11.7 Å². The van der Waals surface area contributed by atoms with Crippen LogP contribution in [0.4, 0.5) is 0 Å². The molecule has 1 N–H and O–H groups in total. The minimum Gasteiger partial charge on any atom is -0.317 e. The first-order valence-corrected chi connectivity index (χ1v) is 3.55. The minimum absolute atomic E-state index is 0.462. The molecule has 1 aromatic heterocycles. The van der Waals surface area contributed by atoms with Crippen LogP contribution in [-0.4, -0.2) is 18.6 Å². The third kappa shape index (κ3) is 2.29. The monoisotopic (exact) mass is 151 g/mol. The van der Waals surface area contributed by atoms with Gasteiger partial charge in [-0.2, -0.15) is 0 Å². The number of pyridine rings is 1. The maximum absolute atomic E-state index is 11.2. The van der Waals surface area contributed by atoms with Crippen molar-refractivity contribution in [1.29, 1.82) is 0 Å². The van der Waals surface area contributed by atoms with E-state index in [1.54, 1.807) is 31.6 Å². The number of hydrogen-bond donors (Lipinski definition) is 1. The molecule has 59 valence electrons. The Morgan fingerprint density at radius 2 is 2.18 bits per heavy atom. The van der Waals surface area contributed by atoms with Crippen LogP contribution in [0, 0.1) is 0 Å². The molecule has 0 fully saturated rings. The van der Waals surface area contributed by atoms with Crippen molar-refractivity contribution in [3.8, 4) is 0 Å². The fourth-order valence-corrected chi connectivity index (χ4v) is 0.881. The zero-order chi connectivity index (χ0) is 8.10. The van der Waals surface area contributed by atoms with Crippen LogP contribution in [0.3, 0.4) is 0 Å². The summed E-state index contributed by atoms with van der Waals surface area (Å²) in [6.45, 7) is 0.462. The van der Waals surface area contributed by atoms with E-state index in [2.05, 4.69) is 10.3 Å². The number of aromatic nitrogens is 1. The second kappa shape index (κ2) is 4.05. The lowest BCUT2D eigenvalue weighted by Crippen LogP contribution is -2.15. The molecule has 0 saturated carbocycles. The van der Waals surface area contributed by atoms with Gasteiger partial charge in [0.1, 0.15) is 6.10 Å². The van der Waals surface area contributed by atoms with Crippen LogP contribution >= 0.6 is 0 Å². The molecule has 0 aliphatic carbocycles. The number of hydrogen-bond acceptors (Lipinski definition) is 2. The Labute approximate surface area is 66.1 Å². The molecule has 1 rings (SSSR count). The Bertz CT molecular complexity index is 201. The Kier molecular flexibility index (Phi) is 3.01. The van der Waals surface area contributed by atoms with Gasteiger partial charge in [-0.15, -0.1) is 0 Å². The summed E-state index contributed by atoms with van der Waals surface area (Å²) in [5.74, 6) is 0. The molecule has 0 aliphatic heterocycles. The van der Waals surface area contributed by atoms with Crippen molar-refractivity contribution in [1.82, 2.24) is 10.3 Å². The summed E-state index contributed by atoms with van der Waals surface area (Å²) >= 11 is 0. The van der Waals surface area contributed by atoms with Gasteiger partial charge in [-0.25, -0.2) is 5.11 Å². The minimum atomic E-state index is -0.678. The van der Waals surface area contributed by atoms with Crippen LogP contribution in [0.25, 0.3) is 0 Å². The predicted molar refractivity (Wildman–Crippen MR) is 41.6 cm³/mol. The Hall–Kier alpha value is -0.930. The lowest BCUT2D eigenvalue weighted by Gasteiger charge is -2.05. The number of likely N-dealkylation sites (N-methyl/N-ethyl adjacent to an activating group) is 1. The molecule has 0 aliphatic rings. The maximum Gasteiger partial charge on any atom is 0.130 e. The fourth-order valence-electron chi connectivity index (χ4n) is 0.881. The Morgan fingerprint density at radius 1 is 1.55 bits per heavy atom. The van der Waals surface area contributed by atoms with Gasteiger partial charge in [-0.1, -0.05) is 0 Å². The van der Waals surface area contributed by atoms with E-state index < -0.39 is 6.10 Å². The summed E-state index contributed by atoms with van der Waals surface area (Å²) in [5.41, 5.74) is 0.786. The summed E-state index contributed by atoms with van der Waals surface area (Å²) in [4.78, 5) is 3.83. The molecule has 0 amide bonds. The second-order valence-corrected chi connectivity index (χ2v) is 2.33. The first-order valence-electron chi connectivity index (χ1n) is 3.55. The summed E-state index contributed by atoms with van der Waals surface area (Å²) in [6, 6.07) is 3.49. The Morgan fingerprint density at radius 3 is 2.73 bits per heavy atom. The highest BCUT2D eigenvalue weighted by molar-refractivity contribution is 5.12. The average Bonchev–Trinajstić information content (AvgIpc) is 2.07. The summed E-state index contributed by atoms with van der Waals surface area (Å²) in [5, 5.41) is 14.1. The van der Waals surface area contributed by atoms with Crippen LogP contribution in [0.2, 0.25) is 0 Å². The quantitative estimate of drug-likeness (QED) is 0.693. The molecule has 0 bridgehead atoms. The van der Waals surface area contributed by atoms with Crippen LogP contribution < -0.4 is 5.32 Å². The van der Waals surface area contributed by atoms with Gasteiger partial charge in [0.2, 0.25) is 0 Å². The number of nitrogens with zero attached hydrogens (tertiary/aromatic N) is 1. The van der Waals surface area contributed by atoms with Crippen LogP contribution in [-0.2, 0) is 5.11 Å². The third-order valence-electron chi connectivity index (χ3n) is 1.47. The van der Waals surface area contributed by atoms with Gasteiger partial charge in [-0.05, 0) is 24.7 Å². The van der Waals surface area contributed by atoms with Gasteiger partial charge >= 0.3 is 0 Å². The van der Waals surface area contributed by atoms with E-state index in [4.69, 9.17) is 0 Å². The van der Waals surface area contributed by atoms with Crippen molar-refractivity contribution >= 4 is 0 Å². The van der Waals surface area contributed by atoms with E-state index in [9.17, 15) is 5.11 Å². The Balaban J connectivity index is 2.61. The fraction of sp³-hybridized carbons (Fsp3) is 0.375. The number of nitrogens with one attached hydrogen (secondary N) is 1. The number of rotatable bonds is 3. The smallest absolute Gasteiger partial charge is 0.130 e. The topological polar surface area (TPSA) is 44.8 Å². The van der Waals surface area contributed by atoms with Gasteiger partial charge in [0, 0.05) is 18.9 Å². The SMILES string of the molecule is CNCC([O])c1ccncc1. The molecular weight excluding hydrogens is 140 g/mol. The average molecular weight is 151 g/mol. The first-order chi connectivity index (χ1) is 5.34. The molecule has 0 spiro atoms. The van der Waals surface area contributed by atoms with Crippen molar-refractivity contribution in [2.24, 2.45) is 0 Å². The van der Waals surface area contributed by atoms with Crippen molar-refractivity contribution in [3.63, 3.8) is 0 Å². The molecule has 1 aromatic rings. The van der Waals surface area contributed by atoms with Crippen LogP contribution in [0.5, 0.6) is 0 Å². The summed E-state index contributed by atoms with van der Waals surface area (Å²) in [6.07, 6.45) is 2.59.